The van der Waals surface area contributed by atoms with Gasteiger partial charge in [0, 0.05) is 38.2 Å². The highest BCUT2D eigenvalue weighted by molar-refractivity contribution is 5.76. The third-order valence-electron chi connectivity index (χ3n) is 3.35. The zero-order chi connectivity index (χ0) is 13.7. The number of ether oxygens (including phenoxy) is 1. The lowest BCUT2D eigenvalue weighted by molar-refractivity contribution is -0.151. The van der Waals surface area contributed by atoms with Crippen LogP contribution in [0.4, 0.5) is 0 Å². The molecule has 1 aliphatic rings. The molecule has 104 valence electrons. The Kier molecular flexibility index (Phi) is 4.81. The van der Waals surface area contributed by atoms with Gasteiger partial charge in [-0.3, -0.25) is 19.7 Å². The minimum atomic E-state index is -0.259. The number of carbonyl (C=O) groups is 1. The van der Waals surface area contributed by atoms with Crippen LogP contribution in [-0.4, -0.2) is 53.1 Å². The Morgan fingerprint density at radius 1 is 1.63 bits per heavy atom. The maximum atomic E-state index is 12.0. The van der Waals surface area contributed by atoms with E-state index in [1.165, 1.54) is 0 Å². The summed E-state index contributed by atoms with van der Waals surface area (Å²) in [4.78, 5) is 22.5. The molecule has 0 bridgehead atoms. The van der Waals surface area contributed by atoms with Crippen molar-refractivity contribution in [2.24, 2.45) is 0 Å². The van der Waals surface area contributed by atoms with Gasteiger partial charge in [0.05, 0.1) is 18.3 Å². The van der Waals surface area contributed by atoms with E-state index in [-0.39, 0.29) is 18.1 Å². The first-order valence-electron chi connectivity index (χ1n) is 6.63. The minimum absolute atomic E-state index is 0.0465. The fraction of sp³-hybridized carbons (Fsp3) is 0.615. The molecule has 0 radical (unpaired) electrons. The fourth-order valence-electron chi connectivity index (χ4n) is 2.34. The summed E-state index contributed by atoms with van der Waals surface area (Å²) >= 11 is 0. The monoisotopic (exact) mass is 264 g/mol. The van der Waals surface area contributed by atoms with E-state index in [1.807, 2.05) is 13.8 Å². The molecule has 1 aromatic heterocycles. The highest BCUT2D eigenvalue weighted by atomic mass is 16.5. The largest absolute Gasteiger partial charge is 0.465 e. The number of hydrogen-bond donors (Lipinski definition) is 1. The van der Waals surface area contributed by atoms with Gasteiger partial charge in [-0.05, 0) is 13.8 Å². The van der Waals surface area contributed by atoms with Gasteiger partial charge in [0.2, 0.25) is 0 Å². The molecule has 1 aromatic rings. The van der Waals surface area contributed by atoms with Gasteiger partial charge in [-0.25, -0.2) is 0 Å². The number of nitrogens with zero attached hydrogens (tertiary/aromatic N) is 3. The molecule has 19 heavy (non-hydrogen) atoms. The van der Waals surface area contributed by atoms with Crippen LogP contribution in [0.3, 0.4) is 0 Å². The molecule has 6 nitrogen and oxygen atoms in total. The van der Waals surface area contributed by atoms with Crippen molar-refractivity contribution in [3.05, 3.63) is 24.3 Å². The first kappa shape index (κ1) is 13.9. The van der Waals surface area contributed by atoms with Crippen molar-refractivity contribution in [1.82, 2.24) is 20.2 Å². The van der Waals surface area contributed by atoms with E-state index in [9.17, 15) is 4.79 Å². The molecule has 2 rings (SSSR count). The van der Waals surface area contributed by atoms with E-state index < -0.39 is 0 Å². The van der Waals surface area contributed by atoms with Crippen molar-refractivity contribution in [3.8, 4) is 0 Å². The summed E-state index contributed by atoms with van der Waals surface area (Å²) < 4.78 is 5.14. The molecular weight excluding hydrogens is 244 g/mol. The second-order valence-corrected chi connectivity index (χ2v) is 4.52. The Morgan fingerprint density at radius 2 is 2.47 bits per heavy atom. The number of aromatic nitrogens is 2. The minimum Gasteiger partial charge on any atom is -0.465 e. The van der Waals surface area contributed by atoms with Gasteiger partial charge in [0.25, 0.3) is 0 Å². The summed E-state index contributed by atoms with van der Waals surface area (Å²) in [5.41, 5.74) is 0.874. The highest BCUT2D eigenvalue weighted by Gasteiger charge is 2.33. The predicted octanol–water partition coefficient (Wildman–Crippen LogP) is 0.375. The van der Waals surface area contributed by atoms with Crippen LogP contribution >= 0.6 is 0 Å². The number of nitrogens with one attached hydrogen (secondary N) is 1. The first-order chi connectivity index (χ1) is 9.24. The van der Waals surface area contributed by atoms with Crippen LogP contribution in [0.15, 0.2) is 18.6 Å². The van der Waals surface area contributed by atoms with Gasteiger partial charge in [-0.2, -0.15) is 0 Å². The van der Waals surface area contributed by atoms with Crippen molar-refractivity contribution in [2.45, 2.75) is 25.9 Å². The van der Waals surface area contributed by atoms with Crippen LogP contribution in [0.5, 0.6) is 0 Å². The zero-order valence-corrected chi connectivity index (χ0v) is 11.4. The van der Waals surface area contributed by atoms with Crippen LogP contribution in [0.2, 0.25) is 0 Å². The Labute approximate surface area is 113 Å². The standard InChI is InChI=1S/C13H20N4O2/c1-3-19-13(18)12-9-15-6-7-17(12)10(2)11-8-14-4-5-16-11/h4-5,8,10,12,15H,3,6-7,9H2,1-2H3. The summed E-state index contributed by atoms with van der Waals surface area (Å²) in [5.74, 6) is -0.176. The van der Waals surface area contributed by atoms with Gasteiger partial charge in [-0.1, -0.05) is 0 Å². The van der Waals surface area contributed by atoms with E-state index in [1.54, 1.807) is 18.6 Å². The van der Waals surface area contributed by atoms with Crippen molar-refractivity contribution >= 4 is 5.97 Å². The van der Waals surface area contributed by atoms with Crippen LogP contribution in [0.1, 0.15) is 25.6 Å². The summed E-state index contributed by atoms with van der Waals surface area (Å²) in [6.45, 7) is 6.54. The molecular formula is C13H20N4O2. The van der Waals surface area contributed by atoms with Crippen molar-refractivity contribution < 1.29 is 9.53 Å². The molecule has 0 aliphatic carbocycles. The van der Waals surface area contributed by atoms with Crippen LogP contribution in [-0.2, 0) is 9.53 Å². The summed E-state index contributed by atoms with van der Waals surface area (Å²) in [5, 5.41) is 3.23. The molecule has 6 heteroatoms. The van der Waals surface area contributed by atoms with E-state index in [0.29, 0.717) is 13.2 Å². The van der Waals surface area contributed by atoms with Gasteiger partial charge in [-0.15, -0.1) is 0 Å². The maximum absolute atomic E-state index is 12.0. The molecule has 0 spiro atoms. The topological polar surface area (TPSA) is 67.3 Å². The van der Waals surface area contributed by atoms with Crippen molar-refractivity contribution in [3.63, 3.8) is 0 Å². The third kappa shape index (κ3) is 3.27. The lowest BCUT2D eigenvalue weighted by Gasteiger charge is -2.38. The molecule has 2 atom stereocenters. The maximum Gasteiger partial charge on any atom is 0.324 e. The van der Waals surface area contributed by atoms with Gasteiger partial charge >= 0.3 is 5.97 Å². The fourth-order valence-corrected chi connectivity index (χ4v) is 2.34. The Balaban J connectivity index is 2.13. The smallest absolute Gasteiger partial charge is 0.324 e. The van der Waals surface area contributed by atoms with E-state index >= 15 is 0 Å². The molecule has 1 N–H and O–H groups in total. The van der Waals surface area contributed by atoms with E-state index in [2.05, 4.69) is 20.2 Å². The first-order valence-corrected chi connectivity index (χ1v) is 6.63. The second-order valence-electron chi connectivity index (χ2n) is 4.52. The van der Waals surface area contributed by atoms with Crippen molar-refractivity contribution in [2.75, 3.05) is 26.2 Å². The second kappa shape index (κ2) is 6.58. The summed E-state index contributed by atoms with van der Waals surface area (Å²) in [6, 6.07) is -0.212. The SMILES string of the molecule is CCOC(=O)C1CNCCN1C(C)c1cnccn1. The average molecular weight is 264 g/mol. The van der Waals surface area contributed by atoms with E-state index in [4.69, 9.17) is 4.74 Å². The number of carbonyl (C=O) groups excluding carboxylic acids is 1. The van der Waals surface area contributed by atoms with Gasteiger partial charge in [0.1, 0.15) is 6.04 Å². The van der Waals surface area contributed by atoms with Gasteiger partial charge < -0.3 is 10.1 Å². The predicted molar refractivity (Wildman–Crippen MR) is 70.4 cm³/mol. The molecule has 1 fully saturated rings. The molecule has 0 amide bonds. The molecule has 1 aliphatic heterocycles. The third-order valence-corrected chi connectivity index (χ3v) is 3.35. The Hall–Kier alpha value is -1.53. The molecule has 0 saturated carbocycles. The summed E-state index contributed by atoms with van der Waals surface area (Å²) in [7, 11) is 0. The number of esters is 1. The average Bonchev–Trinajstić information content (AvgIpc) is 2.47. The normalized spacial score (nSPS) is 21.9. The zero-order valence-electron chi connectivity index (χ0n) is 11.4. The lowest BCUT2D eigenvalue weighted by Crippen LogP contribution is -2.56. The number of piperazine rings is 1. The van der Waals surface area contributed by atoms with Crippen molar-refractivity contribution in [1.29, 1.82) is 0 Å². The van der Waals surface area contributed by atoms with Crippen LogP contribution in [0, 0.1) is 0 Å². The molecule has 1 saturated heterocycles. The van der Waals surface area contributed by atoms with Crippen LogP contribution in [0.25, 0.3) is 0 Å². The Morgan fingerprint density at radius 3 is 3.16 bits per heavy atom. The Bertz CT molecular complexity index is 412. The number of hydrogen-bond acceptors (Lipinski definition) is 6. The number of rotatable bonds is 4. The van der Waals surface area contributed by atoms with Crippen LogP contribution < -0.4 is 5.32 Å². The molecule has 2 unspecified atom stereocenters. The van der Waals surface area contributed by atoms with E-state index in [0.717, 1.165) is 18.8 Å². The molecule has 0 aromatic carbocycles. The van der Waals surface area contributed by atoms with Gasteiger partial charge in [0.15, 0.2) is 0 Å². The summed E-state index contributed by atoms with van der Waals surface area (Å²) in [6.07, 6.45) is 5.07. The lowest BCUT2D eigenvalue weighted by atomic mass is 10.1. The quantitative estimate of drug-likeness (QED) is 0.793. The molecule has 2 heterocycles. The highest BCUT2D eigenvalue weighted by Crippen LogP contribution is 2.21.